The molecule has 8 heteroatoms. The average Bonchev–Trinajstić information content (AvgIpc) is 3.39. The van der Waals surface area contributed by atoms with Gasteiger partial charge in [0.25, 0.3) is 11.1 Å². The maximum atomic E-state index is 12.8. The highest BCUT2D eigenvalue weighted by molar-refractivity contribution is 8.18. The number of carbonyl (C=O) groups is 3. The van der Waals surface area contributed by atoms with E-state index in [0.29, 0.717) is 18.0 Å². The fraction of sp³-hybridized carbons (Fsp3) is 0.364. The molecule has 0 bridgehead atoms. The fourth-order valence-corrected chi connectivity index (χ4v) is 4.74. The third-order valence-corrected chi connectivity index (χ3v) is 6.42. The van der Waals surface area contributed by atoms with Gasteiger partial charge in [0.1, 0.15) is 12.4 Å². The molecule has 4 heterocycles. The van der Waals surface area contributed by atoms with E-state index in [1.54, 1.807) is 17.2 Å². The lowest BCUT2D eigenvalue weighted by Crippen LogP contribution is -2.40. The highest BCUT2D eigenvalue weighted by Gasteiger charge is 2.37. The number of amides is 3. The first kappa shape index (κ1) is 20.4. The van der Waals surface area contributed by atoms with Gasteiger partial charge in [-0.15, -0.1) is 0 Å². The number of pyridine rings is 1. The van der Waals surface area contributed by atoms with Gasteiger partial charge in [-0.2, -0.15) is 0 Å². The van der Waals surface area contributed by atoms with E-state index in [1.807, 2.05) is 43.5 Å². The second-order valence-electron chi connectivity index (χ2n) is 7.71. The zero-order chi connectivity index (χ0) is 21.4. The predicted octanol–water partition coefficient (Wildman–Crippen LogP) is 3.46. The molecule has 0 spiro atoms. The van der Waals surface area contributed by atoms with Crippen LogP contribution in [0.2, 0.25) is 0 Å². The van der Waals surface area contributed by atoms with Gasteiger partial charge in [-0.3, -0.25) is 19.3 Å². The monoisotopic (exact) mass is 424 g/mol. The van der Waals surface area contributed by atoms with Crippen LogP contribution in [0.1, 0.15) is 35.4 Å². The molecule has 0 N–H and O–H groups in total. The Hall–Kier alpha value is -2.87. The number of aryl methyl sites for hydroxylation is 2. The number of nitrogens with zero attached hydrogens (tertiary/aromatic N) is 4. The number of imide groups is 1. The number of rotatable bonds is 4. The lowest BCUT2D eigenvalue weighted by Gasteiger charge is -2.18. The second-order valence-corrected chi connectivity index (χ2v) is 8.70. The summed E-state index contributed by atoms with van der Waals surface area (Å²) in [6, 6.07) is 5.92. The predicted molar refractivity (Wildman–Crippen MR) is 116 cm³/mol. The minimum atomic E-state index is -0.406. The summed E-state index contributed by atoms with van der Waals surface area (Å²) in [6.07, 6.45) is 5.45. The van der Waals surface area contributed by atoms with Crippen LogP contribution in [0.4, 0.5) is 4.79 Å². The molecule has 30 heavy (non-hydrogen) atoms. The molecule has 0 radical (unpaired) electrons. The van der Waals surface area contributed by atoms with Crippen molar-refractivity contribution in [2.75, 3.05) is 19.6 Å². The number of thioether (sulfide) groups is 1. The Morgan fingerprint density at radius 3 is 2.60 bits per heavy atom. The van der Waals surface area contributed by atoms with Gasteiger partial charge in [0.2, 0.25) is 5.91 Å². The van der Waals surface area contributed by atoms with Crippen molar-refractivity contribution in [3.63, 3.8) is 0 Å². The highest BCUT2D eigenvalue weighted by atomic mass is 32.2. The second kappa shape index (κ2) is 8.10. The normalized spacial score (nSPS) is 18.2. The zero-order valence-electron chi connectivity index (χ0n) is 17.3. The molecule has 2 fully saturated rings. The number of hydrogen-bond donors (Lipinski definition) is 0. The Bertz CT molecular complexity index is 1070. The molecule has 0 aliphatic carbocycles. The molecule has 0 aromatic carbocycles. The van der Waals surface area contributed by atoms with Gasteiger partial charge in [-0.25, -0.2) is 4.98 Å². The quantitative estimate of drug-likeness (QED) is 0.703. The summed E-state index contributed by atoms with van der Waals surface area (Å²) >= 11 is 0.886. The summed E-state index contributed by atoms with van der Waals surface area (Å²) in [6.45, 7) is 7.17. The summed E-state index contributed by atoms with van der Waals surface area (Å²) in [5.41, 5.74) is 3.89. The number of carbonyl (C=O) groups excluding carboxylic acids is 3. The maximum Gasteiger partial charge on any atom is 0.294 e. The Kier molecular flexibility index (Phi) is 5.51. The molecule has 2 aromatic heterocycles. The molecule has 2 saturated heterocycles. The average molecular weight is 425 g/mol. The van der Waals surface area contributed by atoms with Gasteiger partial charge in [0.15, 0.2) is 0 Å². The van der Waals surface area contributed by atoms with Crippen LogP contribution in [0, 0.1) is 20.8 Å². The van der Waals surface area contributed by atoms with Crippen molar-refractivity contribution < 1.29 is 14.4 Å². The summed E-state index contributed by atoms with van der Waals surface area (Å²) < 4.78 is 2.03. The number of aromatic nitrogens is 2. The Labute approximate surface area is 179 Å². The van der Waals surface area contributed by atoms with Crippen LogP contribution >= 0.6 is 11.8 Å². The summed E-state index contributed by atoms with van der Waals surface area (Å²) in [5, 5.41) is -0.395. The van der Waals surface area contributed by atoms with Gasteiger partial charge in [0.05, 0.1) is 4.91 Å². The van der Waals surface area contributed by atoms with E-state index in [1.165, 1.54) is 0 Å². The van der Waals surface area contributed by atoms with Gasteiger partial charge in [0, 0.05) is 30.7 Å². The van der Waals surface area contributed by atoms with E-state index in [2.05, 4.69) is 4.98 Å². The van der Waals surface area contributed by atoms with Crippen LogP contribution in [-0.2, 0) is 9.59 Å². The Morgan fingerprint density at radius 2 is 1.90 bits per heavy atom. The van der Waals surface area contributed by atoms with Crippen molar-refractivity contribution in [2.45, 2.75) is 33.6 Å². The van der Waals surface area contributed by atoms with E-state index in [0.717, 1.165) is 57.8 Å². The van der Waals surface area contributed by atoms with Crippen molar-refractivity contribution in [3.8, 4) is 5.82 Å². The van der Waals surface area contributed by atoms with Gasteiger partial charge in [-0.05, 0) is 80.8 Å². The van der Waals surface area contributed by atoms with E-state index in [9.17, 15) is 14.4 Å². The lowest BCUT2D eigenvalue weighted by atomic mass is 10.2. The minimum Gasteiger partial charge on any atom is -0.341 e. The molecule has 7 nitrogen and oxygen atoms in total. The lowest BCUT2D eigenvalue weighted by molar-refractivity contribution is -0.135. The smallest absolute Gasteiger partial charge is 0.294 e. The van der Waals surface area contributed by atoms with Crippen molar-refractivity contribution >= 4 is 34.9 Å². The SMILES string of the molecule is Cc1ccnc(-n2c(C)cc(/C=C3/SC(=O)N(CC(=O)N4CCCC4)C3=O)c2C)c1. The first-order valence-corrected chi connectivity index (χ1v) is 10.8. The highest BCUT2D eigenvalue weighted by Crippen LogP contribution is 2.33. The summed E-state index contributed by atoms with van der Waals surface area (Å²) in [7, 11) is 0. The molecule has 4 rings (SSSR count). The van der Waals surface area contributed by atoms with Crippen LogP contribution in [0.5, 0.6) is 0 Å². The Morgan fingerprint density at radius 1 is 1.17 bits per heavy atom. The van der Waals surface area contributed by atoms with Crippen LogP contribution < -0.4 is 0 Å². The van der Waals surface area contributed by atoms with Gasteiger partial charge < -0.3 is 9.47 Å². The zero-order valence-corrected chi connectivity index (χ0v) is 18.2. The van der Waals surface area contributed by atoms with Crippen molar-refractivity contribution in [2.24, 2.45) is 0 Å². The summed E-state index contributed by atoms with van der Waals surface area (Å²) in [4.78, 5) is 45.2. The number of likely N-dealkylation sites (tertiary alicyclic amines) is 1. The molecule has 2 aromatic rings. The van der Waals surface area contributed by atoms with Crippen molar-refractivity contribution in [1.82, 2.24) is 19.4 Å². The Balaban J connectivity index is 1.58. The first-order valence-electron chi connectivity index (χ1n) is 10.0. The molecule has 3 amide bonds. The van der Waals surface area contributed by atoms with Crippen molar-refractivity contribution in [3.05, 3.63) is 51.8 Å². The van der Waals surface area contributed by atoms with Gasteiger partial charge >= 0.3 is 0 Å². The molecule has 2 aliphatic heterocycles. The third kappa shape index (κ3) is 3.79. The molecular formula is C22H24N4O3S. The largest absolute Gasteiger partial charge is 0.341 e. The minimum absolute atomic E-state index is 0.167. The van der Waals surface area contributed by atoms with E-state index in [-0.39, 0.29) is 12.5 Å². The van der Waals surface area contributed by atoms with E-state index < -0.39 is 11.1 Å². The molecular weight excluding hydrogens is 400 g/mol. The van der Waals surface area contributed by atoms with E-state index >= 15 is 0 Å². The van der Waals surface area contributed by atoms with Crippen molar-refractivity contribution in [1.29, 1.82) is 0 Å². The number of hydrogen-bond acceptors (Lipinski definition) is 5. The molecule has 2 aliphatic rings. The third-order valence-electron chi connectivity index (χ3n) is 5.51. The maximum absolute atomic E-state index is 12.8. The fourth-order valence-electron chi connectivity index (χ4n) is 3.91. The van der Waals surface area contributed by atoms with Gasteiger partial charge in [-0.1, -0.05) is 0 Å². The standard InChI is InChI=1S/C22H24N4O3S/c1-14-6-7-23-19(10-14)26-15(2)11-17(16(26)3)12-18-21(28)25(22(29)30-18)13-20(27)24-8-4-5-9-24/h6-7,10-12H,4-5,8-9,13H2,1-3H3/b18-12+. The summed E-state index contributed by atoms with van der Waals surface area (Å²) in [5.74, 6) is 0.241. The molecule has 0 saturated carbocycles. The first-order chi connectivity index (χ1) is 14.3. The molecule has 0 atom stereocenters. The van der Waals surface area contributed by atoms with Crippen LogP contribution in [0.15, 0.2) is 29.3 Å². The molecule has 156 valence electrons. The van der Waals surface area contributed by atoms with Crippen LogP contribution in [-0.4, -0.2) is 56.0 Å². The molecule has 0 unspecified atom stereocenters. The topological polar surface area (TPSA) is 75.5 Å². The van der Waals surface area contributed by atoms with E-state index in [4.69, 9.17) is 0 Å². The van der Waals surface area contributed by atoms with Crippen LogP contribution in [0.3, 0.4) is 0 Å². The van der Waals surface area contributed by atoms with Crippen LogP contribution in [0.25, 0.3) is 11.9 Å².